The van der Waals surface area contributed by atoms with Gasteiger partial charge >= 0.3 is 5.97 Å². The first-order valence-electron chi connectivity index (χ1n) is 5.80. The number of rotatable bonds is 3. The van der Waals surface area contributed by atoms with Crippen LogP contribution in [0.3, 0.4) is 0 Å². The summed E-state index contributed by atoms with van der Waals surface area (Å²) >= 11 is 0. The number of nitrogens with two attached hydrogens (primary N) is 1. The Morgan fingerprint density at radius 1 is 1.39 bits per heavy atom. The average molecular weight is 251 g/mol. The second-order valence-corrected chi connectivity index (χ2v) is 4.58. The first-order valence-corrected chi connectivity index (χ1v) is 5.80. The van der Waals surface area contributed by atoms with Gasteiger partial charge in [0.05, 0.1) is 19.8 Å². The number of hydrogen-bond acceptors (Lipinski definition) is 5. The van der Waals surface area contributed by atoms with E-state index in [0.29, 0.717) is 11.1 Å². The summed E-state index contributed by atoms with van der Waals surface area (Å²) in [5.74, 6) is -0.227. The van der Waals surface area contributed by atoms with E-state index < -0.39 is 11.5 Å². The maximum Gasteiger partial charge on any atom is 0.337 e. The number of phenolic OH excluding ortho intramolecular Hbond substituents is 1. The lowest BCUT2D eigenvalue weighted by atomic mass is 9.72. The number of esters is 1. The predicted molar refractivity (Wildman–Crippen MR) is 65.7 cm³/mol. The summed E-state index contributed by atoms with van der Waals surface area (Å²) in [5, 5.41) is 10.1. The zero-order chi connectivity index (χ0) is 13.3. The molecule has 1 fully saturated rings. The zero-order valence-corrected chi connectivity index (χ0v) is 10.5. The largest absolute Gasteiger partial charge is 0.504 e. The minimum Gasteiger partial charge on any atom is -0.504 e. The van der Waals surface area contributed by atoms with E-state index in [-0.39, 0.29) is 11.5 Å². The number of benzene rings is 1. The Morgan fingerprint density at radius 2 is 2.06 bits per heavy atom. The molecular weight excluding hydrogens is 234 g/mol. The third-order valence-electron chi connectivity index (χ3n) is 3.50. The fraction of sp³-hybridized carbons (Fsp3) is 0.462. The summed E-state index contributed by atoms with van der Waals surface area (Å²) in [4.78, 5) is 11.6. The highest BCUT2D eigenvalue weighted by molar-refractivity contribution is 5.90. The van der Waals surface area contributed by atoms with Crippen LogP contribution in [0.1, 0.15) is 35.2 Å². The van der Waals surface area contributed by atoms with E-state index >= 15 is 0 Å². The SMILES string of the molecule is COC(=O)c1cc(OC)c(O)c(C2(N)CCC2)c1. The molecule has 18 heavy (non-hydrogen) atoms. The Labute approximate surface area is 106 Å². The van der Waals surface area contributed by atoms with Crippen molar-refractivity contribution in [1.29, 1.82) is 0 Å². The van der Waals surface area contributed by atoms with Crippen molar-refractivity contribution >= 4 is 5.97 Å². The fourth-order valence-corrected chi connectivity index (χ4v) is 2.21. The Balaban J connectivity index is 2.53. The van der Waals surface area contributed by atoms with Gasteiger partial charge in [0.1, 0.15) is 0 Å². The number of methoxy groups -OCH3 is 2. The molecule has 0 amide bonds. The highest BCUT2D eigenvalue weighted by Crippen LogP contribution is 2.46. The highest BCUT2D eigenvalue weighted by Gasteiger charge is 2.38. The molecular formula is C13H17NO4. The molecule has 1 aliphatic carbocycles. The van der Waals surface area contributed by atoms with Gasteiger partial charge in [0, 0.05) is 11.1 Å². The standard InChI is InChI=1S/C13H17NO4/c1-17-10-7-8(12(16)18-2)6-9(11(10)15)13(14)4-3-5-13/h6-7,15H,3-5,14H2,1-2H3. The number of hydrogen-bond donors (Lipinski definition) is 2. The quantitative estimate of drug-likeness (QED) is 0.796. The van der Waals surface area contributed by atoms with Crippen molar-refractivity contribution in [3.8, 4) is 11.5 Å². The second-order valence-electron chi connectivity index (χ2n) is 4.58. The van der Waals surface area contributed by atoms with E-state index in [1.807, 2.05) is 0 Å². The molecule has 0 unspecified atom stereocenters. The molecule has 3 N–H and O–H groups in total. The molecule has 98 valence electrons. The Hall–Kier alpha value is -1.75. The van der Waals surface area contributed by atoms with Gasteiger partial charge in [-0.3, -0.25) is 0 Å². The van der Waals surface area contributed by atoms with Crippen LogP contribution in [0.4, 0.5) is 0 Å². The van der Waals surface area contributed by atoms with Crippen LogP contribution in [0, 0.1) is 0 Å². The molecule has 0 saturated heterocycles. The third kappa shape index (κ3) is 1.90. The molecule has 0 aromatic heterocycles. The minimum absolute atomic E-state index is 0.00681. The Bertz CT molecular complexity index is 480. The van der Waals surface area contributed by atoms with Gasteiger partial charge in [0.15, 0.2) is 11.5 Å². The van der Waals surface area contributed by atoms with Crippen LogP contribution in [0.15, 0.2) is 12.1 Å². The Kier molecular flexibility index (Phi) is 3.17. The maximum atomic E-state index is 11.6. The topological polar surface area (TPSA) is 81.8 Å². The first kappa shape index (κ1) is 12.7. The fourth-order valence-electron chi connectivity index (χ4n) is 2.21. The number of ether oxygens (including phenoxy) is 2. The van der Waals surface area contributed by atoms with Gasteiger partial charge < -0.3 is 20.3 Å². The van der Waals surface area contributed by atoms with Crippen LogP contribution in [-0.4, -0.2) is 25.3 Å². The van der Waals surface area contributed by atoms with E-state index in [0.717, 1.165) is 19.3 Å². The van der Waals surface area contributed by atoms with Crippen molar-refractivity contribution in [3.63, 3.8) is 0 Å². The molecule has 1 aromatic carbocycles. The van der Waals surface area contributed by atoms with Crippen molar-refractivity contribution in [1.82, 2.24) is 0 Å². The second kappa shape index (κ2) is 4.49. The number of carbonyl (C=O) groups excluding carboxylic acids is 1. The molecule has 0 spiro atoms. The lowest BCUT2D eigenvalue weighted by molar-refractivity contribution is 0.0600. The Morgan fingerprint density at radius 3 is 2.50 bits per heavy atom. The van der Waals surface area contributed by atoms with Crippen LogP contribution in [-0.2, 0) is 10.3 Å². The van der Waals surface area contributed by atoms with Crippen LogP contribution in [0.5, 0.6) is 11.5 Å². The monoisotopic (exact) mass is 251 g/mol. The van der Waals surface area contributed by atoms with Crippen LogP contribution in [0.2, 0.25) is 0 Å². The highest BCUT2D eigenvalue weighted by atomic mass is 16.5. The van der Waals surface area contributed by atoms with Gasteiger partial charge in [-0.1, -0.05) is 0 Å². The van der Waals surface area contributed by atoms with Crippen molar-refractivity contribution in [2.45, 2.75) is 24.8 Å². The third-order valence-corrected chi connectivity index (χ3v) is 3.50. The van der Waals surface area contributed by atoms with Crippen molar-refractivity contribution in [2.24, 2.45) is 5.73 Å². The number of aromatic hydroxyl groups is 1. The number of phenols is 1. The van der Waals surface area contributed by atoms with E-state index in [9.17, 15) is 9.90 Å². The van der Waals surface area contributed by atoms with E-state index in [1.165, 1.54) is 20.3 Å². The lowest BCUT2D eigenvalue weighted by Gasteiger charge is -2.39. The summed E-state index contributed by atoms with van der Waals surface area (Å²) in [6, 6.07) is 3.04. The summed E-state index contributed by atoms with van der Waals surface area (Å²) in [5.41, 5.74) is 6.51. The van der Waals surface area contributed by atoms with Crippen molar-refractivity contribution in [2.75, 3.05) is 14.2 Å². The number of carbonyl (C=O) groups is 1. The molecule has 0 radical (unpaired) electrons. The molecule has 1 aromatic rings. The molecule has 1 aliphatic rings. The molecule has 1 saturated carbocycles. The molecule has 5 nitrogen and oxygen atoms in total. The first-order chi connectivity index (χ1) is 8.51. The summed E-state index contributed by atoms with van der Waals surface area (Å²) < 4.78 is 9.75. The van der Waals surface area contributed by atoms with Gasteiger partial charge in [-0.05, 0) is 31.4 Å². The predicted octanol–water partition coefficient (Wildman–Crippen LogP) is 1.53. The maximum absolute atomic E-state index is 11.6. The molecule has 0 bridgehead atoms. The summed E-state index contributed by atoms with van der Waals surface area (Å²) in [6.45, 7) is 0. The summed E-state index contributed by atoms with van der Waals surface area (Å²) in [7, 11) is 2.74. The molecule has 5 heteroatoms. The molecule has 0 heterocycles. The van der Waals surface area contributed by atoms with Gasteiger partial charge in [0.25, 0.3) is 0 Å². The van der Waals surface area contributed by atoms with E-state index in [1.54, 1.807) is 6.07 Å². The molecule has 2 rings (SSSR count). The smallest absolute Gasteiger partial charge is 0.337 e. The van der Waals surface area contributed by atoms with E-state index in [4.69, 9.17) is 10.5 Å². The lowest BCUT2D eigenvalue weighted by Crippen LogP contribution is -2.43. The van der Waals surface area contributed by atoms with E-state index in [2.05, 4.69) is 4.74 Å². The van der Waals surface area contributed by atoms with Crippen molar-refractivity contribution in [3.05, 3.63) is 23.3 Å². The molecule has 0 aliphatic heterocycles. The van der Waals surface area contributed by atoms with Crippen molar-refractivity contribution < 1.29 is 19.4 Å². The summed E-state index contributed by atoms with van der Waals surface area (Å²) in [6.07, 6.45) is 2.59. The minimum atomic E-state index is -0.568. The van der Waals surface area contributed by atoms with Crippen LogP contribution >= 0.6 is 0 Å². The van der Waals surface area contributed by atoms with Gasteiger partial charge in [-0.25, -0.2) is 4.79 Å². The average Bonchev–Trinajstić information content (AvgIpc) is 2.35. The normalized spacial score (nSPS) is 16.8. The van der Waals surface area contributed by atoms with Crippen LogP contribution in [0.25, 0.3) is 0 Å². The van der Waals surface area contributed by atoms with Gasteiger partial charge in [0.2, 0.25) is 0 Å². The van der Waals surface area contributed by atoms with Gasteiger partial charge in [-0.2, -0.15) is 0 Å². The zero-order valence-electron chi connectivity index (χ0n) is 10.5. The van der Waals surface area contributed by atoms with Gasteiger partial charge in [-0.15, -0.1) is 0 Å². The van der Waals surface area contributed by atoms with Crippen LogP contribution < -0.4 is 10.5 Å². The molecule has 0 atom stereocenters.